The smallest absolute Gasteiger partial charge is 0.338 e. The molecular weight excluding hydrogens is 853 g/mol. The van der Waals surface area contributed by atoms with Crippen LogP contribution in [0.2, 0.25) is 0 Å². The molecule has 0 N–H and O–H groups in total. The standard InChI is InChI=1S/C59H68O9/c1-11-15-31-63-46-36-48(68-40-25-21-38(22-26-40)59(8,9)10)51-41-27-29-43(55(60)64-32-16-12-2)49-45(57(62)66-34-18-14-4)35-47(67-39-23-19-37(20-24-39)58(5,6)7)50(53(41)49)42-28-30-44(52(46)54(42)51)56(61)65-33-17-13-3/h19-30,35-36H,11-18,31-34H2,1-10H3. The number of rotatable bonds is 20. The summed E-state index contributed by atoms with van der Waals surface area (Å²) in [5.41, 5.74) is 2.84. The molecule has 0 spiro atoms. The summed E-state index contributed by atoms with van der Waals surface area (Å²) in [5, 5.41) is 4.84. The highest BCUT2D eigenvalue weighted by Crippen LogP contribution is 2.53. The van der Waals surface area contributed by atoms with Gasteiger partial charge in [-0.3, -0.25) is 0 Å². The molecule has 7 aromatic carbocycles. The van der Waals surface area contributed by atoms with Crippen molar-refractivity contribution in [1.82, 2.24) is 0 Å². The second kappa shape index (κ2) is 21.3. The molecule has 0 atom stereocenters. The first-order valence-electron chi connectivity index (χ1n) is 24.6. The Hall–Kier alpha value is -6.35. The zero-order chi connectivity index (χ0) is 48.8. The first-order valence-corrected chi connectivity index (χ1v) is 24.6. The van der Waals surface area contributed by atoms with Gasteiger partial charge in [-0.25, -0.2) is 14.4 Å². The number of ether oxygens (including phenoxy) is 6. The summed E-state index contributed by atoms with van der Waals surface area (Å²) in [7, 11) is 0. The fraction of sp³-hybridized carbons (Fsp3) is 0.407. The highest BCUT2D eigenvalue weighted by Gasteiger charge is 2.31. The lowest BCUT2D eigenvalue weighted by Crippen LogP contribution is -2.13. The van der Waals surface area contributed by atoms with Crippen molar-refractivity contribution in [3.63, 3.8) is 0 Å². The van der Waals surface area contributed by atoms with Gasteiger partial charge in [0.05, 0.1) is 43.1 Å². The third-order valence-corrected chi connectivity index (χ3v) is 12.5. The van der Waals surface area contributed by atoms with Crippen molar-refractivity contribution in [1.29, 1.82) is 0 Å². The van der Waals surface area contributed by atoms with E-state index in [0.717, 1.165) is 49.7 Å². The molecule has 0 unspecified atom stereocenters. The van der Waals surface area contributed by atoms with E-state index in [1.54, 1.807) is 18.2 Å². The number of carbonyl (C=O) groups excluding carboxylic acids is 3. The summed E-state index contributed by atoms with van der Waals surface area (Å²) in [5.74, 6) is 0.831. The van der Waals surface area contributed by atoms with Crippen molar-refractivity contribution < 1.29 is 42.8 Å². The third-order valence-electron chi connectivity index (χ3n) is 12.5. The van der Waals surface area contributed by atoms with E-state index in [1.807, 2.05) is 68.4 Å². The average Bonchev–Trinajstić information content (AvgIpc) is 3.31. The molecule has 7 rings (SSSR count). The van der Waals surface area contributed by atoms with Crippen LogP contribution >= 0.6 is 0 Å². The number of esters is 3. The Morgan fingerprint density at radius 3 is 1.21 bits per heavy atom. The van der Waals surface area contributed by atoms with Crippen LogP contribution in [0, 0.1) is 0 Å². The maximum absolute atomic E-state index is 14.6. The fourth-order valence-electron chi connectivity index (χ4n) is 8.56. The largest absolute Gasteiger partial charge is 0.493 e. The maximum Gasteiger partial charge on any atom is 0.338 e. The number of carbonyl (C=O) groups is 3. The van der Waals surface area contributed by atoms with Gasteiger partial charge in [0.1, 0.15) is 28.7 Å². The van der Waals surface area contributed by atoms with E-state index in [0.29, 0.717) is 96.8 Å². The summed E-state index contributed by atoms with van der Waals surface area (Å²) in [6.07, 6.45) is 6.28. The van der Waals surface area contributed by atoms with Crippen molar-refractivity contribution in [3.05, 3.63) is 113 Å². The van der Waals surface area contributed by atoms with Crippen LogP contribution in [0.4, 0.5) is 0 Å². The van der Waals surface area contributed by atoms with E-state index in [-0.39, 0.29) is 41.8 Å². The summed E-state index contributed by atoms with van der Waals surface area (Å²) < 4.78 is 38.4. The average molecular weight is 921 g/mol. The van der Waals surface area contributed by atoms with Crippen LogP contribution in [0.1, 0.15) is 163 Å². The normalized spacial score (nSPS) is 12.0. The minimum atomic E-state index is -0.589. The molecule has 0 amide bonds. The Morgan fingerprint density at radius 2 is 0.779 bits per heavy atom. The maximum atomic E-state index is 14.6. The van der Waals surface area contributed by atoms with E-state index < -0.39 is 17.9 Å². The molecule has 0 fully saturated rings. The molecule has 68 heavy (non-hydrogen) atoms. The van der Waals surface area contributed by atoms with Gasteiger partial charge < -0.3 is 28.4 Å². The van der Waals surface area contributed by atoms with Crippen molar-refractivity contribution in [2.45, 2.75) is 131 Å². The molecule has 0 bridgehead atoms. The van der Waals surface area contributed by atoms with Crippen molar-refractivity contribution in [2.24, 2.45) is 0 Å². The predicted octanol–water partition coefficient (Wildman–Crippen LogP) is 16.0. The van der Waals surface area contributed by atoms with E-state index >= 15 is 0 Å². The summed E-state index contributed by atoms with van der Waals surface area (Å²) in [4.78, 5) is 43.2. The monoisotopic (exact) mass is 920 g/mol. The lowest BCUT2D eigenvalue weighted by molar-refractivity contribution is 0.0489. The Morgan fingerprint density at radius 1 is 0.397 bits per heavy atom. The molecule has 358 valence electrons. The van der Waals surface area contributed by atoms with Gasteiger partial charge in [-0.2, -0.15) is 0 Å². The van der Waals surface area contributed by atoms with Gasteiger partial charge in [0.25, 0.3) is 0 Å². The Balaban J connectivity index is 1.66. The minimum Gasteiger partial charge on any atom is -0.493 e. The third kappa shape index (κ3) is 10.5. The van der Waals surface area contributed by atoms with Crippen LogP contribution in [-0.4, -0.2) is 44.3 Å². The van der Waals surface area contributed by atoms with Crippen molar-refractivity contribution >= 4 is 61.0 Å². The highest BCUT2D eigenvalue weighted by molar-refractivity contribution is 6.39. The van der Waals surface area contributed by atoms with E-state index in [9.17, 15) is 14.4 Å². The van der Waals surface area contributed by atoms with Gasteiger partial charge in [-0.05, 0) is 101 Å². The molecular formula is C59H68O9. The Bertz CT molecular complexity index is 2900. The van der Waals surface area contributed by atoms with Crippen LogP contribution in [0.25, 0.3) is 43.1 Å². The molecule has 0 aliphatic rings. The van der Waals surface area contributed by atoms with E-state index in [2.05, 4.69) is 67.5 Å². The lowest BCUT2D eigenvalue weighted by atomic mass is 9.84. The molecule has 0 aliphatic carbocycles. The van der Waals surface area contributed by atoms with Crippen LogP contribution in [0.15, 0.2) is 84.9 Å². The first kappa shape index (κ1) is 49.6. The van der Waals surface area contributed by atoms with Gasteiger partial charge in [0, 0.05) is 38.4 Å². The SMILES string of the molecule is CCCCOC(=O)c1ccc2c3c(Oc4ccc(C(C)(C)C)cc4)cc(C(=O)OCCCC)c4c(C(=O)OCCCC)ccc(c5c(Oc6ccc(C(C)(C)C)cc6)cc(OCCCC)c1c25)c43. The van der Waals surface area contributed by atoms with Crippen LogP contribution < -0.4 is 14.2 Å². The van der Waals surface area contributed by atoms with Gasteiger partial charge >= 0.3 is 17.9 Å². The number of hydrogen-bond donors (Lipinski definition) is 0. The molecule has 9 nitrogen and oxygen atoms in total. The number of fused-ring (bicyclic) bond motifs is 2. The first-order chi connectivity index (χ1) is 32.6. The molecule has 0 saturated heterocycles. The zero-order valence-corrected chi connectivity index (χ0v) is 41.7. The summed E-state index contributed by atoms with van der Waals surface area (Å²) in [6, 6.07) is 26.8. The van der Waals surface area contributed by atoms with Gasteiger partial charge in [0.2, 0.25) is 0 Å². The molecule has 0 heterocycles. The fourth-order valence-corrected chi connectivity index (χ4v) is 8.56. The predicted molar refractivity (Wildman–Crippen MR) is 274 cm³/mol. The number of unbranched alkanes of at least 4 members (excludes halogenated alkanes) is 4. The zero-order valence-electron chi connectivity index (χ0n) is 41.7. The Kier molecular flexibility index (Phi) is 15.5. The second-order valence-corrected chi connectivity index (χ2v) is 19.8. The summed E-state index contributed by atoms with van der Waals surface area (Å²) >= 11 is 0. The quantitative estimate of drug-likeness (QED) is 0.0243. The van der Waals surface area contributed by atoms with Gasteiger partial charge in [0.15, 0.2) is 0 Å². The topological polar surface area (TPSA) is 107 Å². The van der Waals surface area contributed by atoms with Gasteiger partial charge in [-0.15, -0.1) is 0 Å². The molecule has 0 aliphatic heterocycles. The molecule has 0 radical (unpaired) electrons. The van der Waals surface area contributed by atoms with Crippen LogP contribution in [-0.2, 0) is 25.0 Å². The lowest BCUT2D eigenvalue weighted by Gasteiger charge is -2.24. The minimum absolute atomic E-state index is 0.0800. The van der Waals surface area contributed by atoms with Gasteiger partial charge in [-0.1, -0.05) is 131 Å². The number of benzene rings is 7. The van der Waals surface area contributed by atoms with E-state index in [4.69, 9.17) is 28.4 Å². The number of hydrogen-bond acceptors (Lipinski definition) is 9. The second-order valence-electron chi connectivity index (χ2n) is 19.8. The van der Waals surface area contributed by atoms with Crippen molar-refractivity contribution in [3.8, 4) is 28.7 Å². The molecule has 0 saturated carbocycles. The van der Waals surface area contributed by atoms with Crippen LogP contribution in [0.5, 0.6) is 28.7 Å². The molecule has 0 aromatic heterocycles. The molecule has 9 heteroatoms. The summed E-state index contributed by atoms with van der Waals surface area (Å²) in [6.45, 7) is 22.3. The van der Waals surface area contributed by atoms with E-state index in [1.165, 1.54) is 0 Å². The highest BCUT2D eigenvalue weighted by atomic mass is 16.5. The van der Waals surface area contributed by atoms with Crippen molar-refractivity contribution in [2.75, 3.05) is 26.4 Å². The Labute approximate surface area is 401 Å². The van der Waals surface area contributed by atoms with Crippen LogP contribution in [0.3, 0.4) is 0 Å². The molecule has 7 aromatic rings.